The van der Waals surface area contributed by atoms with E-state index in [4.69, 9.17) is 0 Å². The number of hydrogen-bond acceptors (Lipinski definition) is 1. The number of benzene rings is 1. The van der Waals surface area contributed by atoms with Crippen LogP contribution in [-0.4, -0.2) is 5.91 Å². The average Bonchev–Trinajstić information content (AvgIpc) is 2.15. The summed E-state index contributed by atoms with van der Waals surface area (Å²) in [5.74, 6) is -0.437. The molecule has 0 spiro atoms. The smallest absolute Gasteiger partial charge is 0.325 e. The molecule has 0 saturated heterocycles. The standard InChI is InChI=1S/C10H9F3INO/c1-2-9(16)15-8-5-6(14)3-4-7(8)10(11,12)13/h3-5H,2H2,1H3,(H,15,16). The molecular weight excluding hydrogens is 334 g/mol. The number of amides is 1. The number of nitrogens with one attached hydrogen (secondary N) is 1. The molecule has 6 heteroatoms. The third kappa shape index (κ3) is 3.36. The number of anilines is 1. The minimum absolute atomic E-state index is 0.142. The molecule has 0 aliphatic rings. The molecule has 0 unspecified atom stereocenters. The highest BCUT2D eigenvalue weighted by molar-refractivity contribution is 14.1. The van der Waals surface area contributed by atoms with Gasteiger partial charge in [-0.15, -0.1) is 0 Å². The van der Waals surface area contributed by atoms with Crippen molar-refractivity contribution in [1.82, 2.24) is 0 Å². The van der Waals surface area contributed by atoms with Crippen LogP contribution in [-0.2, 0) is 11.0 Å². The monoisotopic (exact) mass is 343 g/mol. The van der Waals surface area contributed by atoms with Crippen LogP contribution in [0.25, 0.3) is 0 Å². The van der Waals surface area contributed by atoms with Gasteiger partial charge in [0.1, 0.15) is 0 Å². The number of hydrogen-bond donors (Lipinski definition) is 1. The van der Waals surface area contributed by atoms with Crippen LogP contribution in [0.4, 0.5) is 18.9 Å². The zero-order valence-corrected chi connectivity index (χ0v) is 10.5. The molecule has 0 radical (unpaired) electrons. The van der Waals surface area contributed by atoms with E-state index in [9.17, 15) is 18.0 Å². The van der Waals surface area contributed by atoms with E-state index in [1.54, 1.807) is 6.92 Å². The summed E-state index contributed by atoms with van der Waals surface area (Å²) in [5, 5.41) is 2.24. The summed E-state index contributed by atoms with van der Waals surface area (Å²) in [6, 6.07) is 3.62. The quantitative estimate of drug-likeness (QED) is 0.816. The molecule has 1 N–H and O–H groups in total. The molecule has 1 amide bonds. The van der Waals surface area contributed by atoms with Crippen molar-refractivity contribution in [3.63, 3.8) is 0 Å². The second-order valence-corrected chi connectivity index (χ2v) is 4.34. The van der Waals surface area contributed by atoms with E-state index in [1.165, 1.54) is 12.1 Å². The number of alkyl halides is 3. The van der Waals surface area contributed by atoms with E-state index in [2.05, 4.69) is 5.32 Å². The third-order valence-corrected chi connectivity index (χ3v) is 2.55. The maximum absolute atomic E-state index is 12.6. The first-order chi connectivity index (χ1) is 7.34. The van der Waals surface area contributed by atoms with Crippen LogP contribution in [0.15, 0.2) is 18.2 Å². The fourth-order valence-corrected chi connectivity index (χ4v) is 1.60. The molecule has 0 aliphatic heterocycles. The summed E-state index contributed by atoms with van der Waals surface area (Å²) in [7, 11) is 0. The highest BCUT2D eigenvalue weighted by atomic mass is 127. The number of halogens is 4. The van der Waals surface area contributed by atoms with Gasteiger partial charge in [-0.2, -0.15) is 13.2 Å². The predicted molar refractivity (Wildman–Crippen MR) is 63.1 cm³/mol. The van der Waals surface area contributed by atoms with Gasteiger partial charge in [-0.1, -0.05) is 6.92 Å². The van der Waals surface area contributed by atoms with Crippen molar-refractivity contribution in [3.8, 4) is 0 Å². The van der Waals surface area contributed by atoms with Crippen molar-refractivity contribution in [3.05, 3.63) is 27.3 Å². The molecule has 2 nitrogen and oxygen atoms in total. The summed E-state index contributed by atoms with van der Waals surface area (Å²) < 4.78 is 38.4. The van der Waals surface area contributed by atoms with Crippen molar-refractivity contribution in [1.29, 1.82) is 0 Å². The summed E-state index contributed by atoms with van der Waals surface area (Å²) in [5.41, 5.74) is -1.01. The Bertz CT molecular complexity index is 404. The summed E-state index contributed by atoms with van der Waals surface area (Å²) in [4.78, 5) is 11.1. The molecule has 1 aromatic carbocycles. The molecule has 1 rings (SSSR count). The third-order valence-electron chi connectivity index (χ3n) is 1.88. The van der Waals surface area contributed by atoms with Gasteiger partial charge in [-0.25, -0.2) is 0 Å². The van der Waals surface area contributed by atoms with E-state index < -0.39 is 17.6 Å². The van der Waals surface area contributed by atoms with E-state index in [-0.39, 0.29) is 12.1 Å². The van der Waals surface area contributed by atoms with Crippen LogP contribution in [0.2, 0.25) is 0 Å². The molecule has 0 aliphatic carbocycles. The van der Waals surface area contributed by atoms with Gasteiger partial charge in [0.25, 0.3) is 0 Å². The van der Waals surface area contributed by atoms with E-state index >= 15 is 0 Å². The van der Waals surface area contributed by atoms with Crippen LogP contribution >= 0.6 is 22.6 Å². The highest BCUT2D eigenvalue weighted by Crippen LogP contribution is 2.35. The zero-order valence-electron chi connectivity index (χ0n) is 8.36. The number of rotatable bonds is 2. The normalized spacial score (nSPS) is 11.3. The fourth-order valence-electron chi connectivity index (χ4n) is 1.11. The van der Waals surface area contributed by atoms with Crippen molar-refractivity contribution < 1.29 is 18.0 Å². The molecule has 0 fully saturated rings. The van der Waals surface area contributed by atoms with Crippen molar-refractivity contribution in [2.45, 2.75) is 19.5 Å². The lowest BCUT2D eigenvalue weighted by atomic mass is 10.1. The summed E-state index contributed by atoms with van der Waals surface area (Å²) in [6.45, 7) is 1.58. The van der Waals surface area contributed by atoms with E-state index in [0.29, 0.717) is 3.57 Å². The molecule has 88 valence electrons. The van der Waals surface area contributed by atoms with Crippen molar-refractivity contribution in [2.75, 3.05) is 5.32 Å². The Balaban J connectivity index is 3.13. The van der Waals surface area contributed by atoms with Crippen LogP contribution in [0.5, 0.6) is 0 Å². The maximum Gasteiger partial charge on any atom is 0.418 e. The Morgan fingerprint density at radius 1 is 1.44 bits per heavy atom. The summed E-state index contributed by atoms with van der Waals surface area (Å²) in [6.07, 6.45) is -4.32. The molecule has 0 saturated carbocycles. The maximum atomic E-state index is 12.6. The SMILES string of the molecule is CCC(=O)Nc1cc(I)ccc1C(F)(F)F. The van der Waals surface area contributed by atoms with Gasteiger partial charge in [-0.3, -0.25) is 4.79 Å². The molecule has 0 bridgehead atoms. The van der Waals surface area contributed by atoms with Gasteiger partial charge in [-0.05, 0) is 40.8 Å². The van der Waals surface area contributed by atoms with Crippen molar-refractivity contribution >= 4 is 34.2 Å². The second-order valence-electron chi connectivity index (χ2n) is 3.09. The number of carbonyl (C=O) groups is 1. The average molecular weight is 343 g/mol. The van der Waals surface area contributed by atoms with Gasteiger partial charge >= 0.3 is 6.18 Å². The van der Waals surface area contributed by atoms with Gasteiger partial charge < -0.3 is 5.32 Å². The van der Waals surface area contributed by atoms with Crippen LogP contribution in [0, 0.1) is 3.57 Å². The molecule has 1 aromatic rings. The van der Waals surface area contributed by atoms with Crippen LogP contribution in [0.3, 0.4) is 0 Å². The zero-order chi connectivity index (χ0) is 12.3. The molecule has 0 heterocycles. The van der Waals surface area contributed by atoms with Crippen LogP contribution < -0.4 is 5.32 Å². The Morgan fingerprint density at radius 3 is 2.56 bits per heavy atom. The minimum Gasteiger partial charge on any atom is -0.325 e. The largest absolute Gasteiger partial charge is 0.418 e. The summed E-state index contributed by atoms with van der Waals surface area (Å²) >= 11 is 1.89. The van der Waals surface area contributed by atoms with E-state index in [0.717, 1.165) is 6.07 Å². The fraction of sp³-hybridized carbons (Fsp3) is 0.300. The first kappa shape index (κ1) is 13.3. The van der Waals surface area contributed by atoms with E-state index in [1.807, 2.05) is 22.6 Å². The number of carbonyl (C=O) groups excluding carboxylic acids is 1. The first-order valence-electron chi connectivity index (χ1n) is 4.51. The lowest BCUT2D eigenvalue weighted by Crippen LogP contribution is -2.15. The van der Waals surface area contributed by atoms with Gasteiger partial charge in [0, 0.05) is 9.99 Å². The van der Waals surface area contributed by atoms with Gasteiger partial charge in [0.2, 0.25) is 5.91 Å². The van der Waals surface area contributed by atoms with Crippen LogP contribution in [0.1, 0.15) is 18.9 Å². The molecule has 16 heavy (non-hydrogen) atoms. The second kappa shape index (κ2) is 5.03. The van der Waals surface area contributed by atoms with Crippen molar-refractivity contribution in [2.24, 2.45) is 0 Å². The Kier molecular flexibility index (Phi) is 4.17. The minimum atomic E-state index is -4.46. The Morgan fingerprint density at radius 2 is 2.06 bits per heavy atom. The predicted octanol–water partition coefficient (Wildman–Crippen LogP) is 3.66. The van der Waals surface area contributed by atoms with Gasteiger partial charge in [0.05, 0.1) is 11.3 Å². The lowest BCUT2D eigenvalue weighted by molar-refractivity contribution is -0.137. The lowest BCUT2D eigenvalue weighted by Gasteiger charge is -2.13. The Hall–Kier alpha value is -0.790. The van der Waals surface area contributed by atoms with Gasteiger partial charge in [0.15, 0.2) is 0 Å². The molecule has 0 atom stereocenters. The first-order valence-corrected chi connectivity index (χ1v) is 5.59. The molecular formula is C10H9F3INO. The molecule has 0 aromatic heterocycles. The topological polar surface area (TPSA) is 29.1 Å². The Labute approximate surface area is 104 Å². The highest BCUT2D eigenvalue weighted by Gasteiger charge is 2.33.